The van der Waals surface area contributed by atoms with Crippen molar-refractivity contribution in [2.45, 2.75) is 13.0 Å². The van der Waals surface area contributed by atoms with Crippen LogP contribution in [0.2, 0.25) is 0 Å². The fourth-order valence-electron chi connectivity index (χ4n) is 1.20. The SMILES string of the molecule is CC1CNCCN1B(O)O. The second-order valence-electron chi connectivity index (χ2n) is 2.64. The van der Waals surface area contributed by atoms with E-state index in [2.05, 4.69) is 5.32 Å². The molecule has 0 aromatic rings. The Morgan fingerprint density at radius 3 is 2.70 bits per heavy atom. The highest BCUT2D eigenvalue weighted by Crippen LogP contribution is 2.01. The van der Waals surface area contributed by atoms with Crippen LogP contribution in [0, 0.1) is 0 Å². The molecule has 0 aliphatic carbocycles. The van der Waals surface area contributed by atoms with Crippen molar-refractivity contribution in [3.05, 3.63) is 0 Å². The van der Waals surface area contributed by atoms with Gasteiger partial charge in [0.1, 0.15) is 0 Å². The van der Waals surface area contributed by atoms with Gasteiger partial charge in [0, 0.05) is 25.7 Å². The van der Waals surface area contributed by atoms with E-state index < -0.39 is 7.25 Å². The van der Waals surface area contributed by atoms with Gasteiger partial charge in [-0.2, -0.15) is 0 Å². The summed E-state index contributed by atoms with van der Waals surface area (Å²) in [6.07, 6.45) is 0. The van der Waals surface area contributed by atoms with Crippen molar-refractivity contribution in [2.24, 2.45) is 0 Å². The Morgan fingerprint density at radius 2 is 2.30 bits per heavy atom. The van der Waals surface area contributed by atoms with E-state index in [-0.39, 0.29) is 6.04 Å². The highest BCUT2D eigenvalue weighted by atomic mass is 16.4. The third-order valence-electron chi connectivity index (χ3n) is 1.85. The number of hydrogen-bond donors (Lipinski definition) is 3. The molecular weight excluding hydrogens is 131 g/mol. The molecule has 0 aromatic carbocycles. The van der Waals surface area contributed by atoms with Gasteiger partial charge in [0.25, 0.3) is 0 Å². The van der Waals surface area contributed by atoms with Crippen LogP contribution >= 0.6 is 0 Å². The standard InChI is InChI=1S/C5H13BN2O2/c1-5-4-7-2-3-8(5)6(9)10/h5,7,9-10H,2-4H2,1H3. The lowest BCUT2D eigenvalue weighted by Gasteiger charge is -2.32. The molecule has 1 rings (SSSR count). The zero-order valence-electron chi connectivity index (χ0n) is 6.12. The molecule has 1 saturated heterocycles. The second kappa shape index (κ2) is 3.34. The maximum Gasteiger partial charge on any atom is 0.552 e. The van der Waals surface area contributed by atoms with Gasteiger partial charge in [-0.1, -0.05) is 0 Å². The Kier molecular flexibility index (Phi) is 2.68. The van der Waals surface area contributed by atoms with Crippen molar-refractivity contribution < 1.29 is 10.0 Å². The molecule has 1 aliphatic rings. The normalized spacial score (nSPS) is 28.5. The van der Waals surface area contributed by atoms with Gasteiger partial charge in [0.2, 0.25) is 0 Å². The molecule has 1 heterocycles. The summed E-state index contributed by atoms with van der Waals surface area (Å²) in [5, 5.41) is 20.8. The molecule has 4 nitrogen and oxygen atoms in total. The van der Waals surface area contributed by atoms with E-state index in [1.807, 2.05) is 6.92 Å². The third kappa shape index (κ3) is 1.70. The first-order valence-electron chi connectivity index (χ1n) is 3.54. The molecule has 58 valence electrons. The molecule has 0 bridgehead atoms. The molecule has 1 unspecified atom stereocenters. The van der Waals surface area contributed by atoms with E-state index in [1.54, 1.807) is 4.81 Å². The summed E-state index contributed by atoms with van der Waals surface area (Å²) in [5.41, 5.74) is 0. The van der Waals surface area contributed by atoms with Crippen LogP contribution in [0.1, 0.15) is 6.92 Å². The first kappa shape index (κ1) is 8.01. The van der Waals surface area contributed by atoms with E-state index in [0.717, 1.165) is 13.1 Å². The van der Waals surface area contributed by atoms with Crippen molar-refractivity contribution in [2.75, 3.05) is 19.6 Å². The van der Waals surface area contributed by atoms with Gasteiger partial charge in [-0.15, -0.1) is 0 Å². The van der Waals surface area contributed by atoms with Gasteiger partial charge in [-0.3, -0.25) is 4.81 Å². The van der Waals surface area contributed by atoms with E-state index in [4.69, 9.17) is 10.0 Å². The smallest absolute Gasteiger partial charge is 0.413 e. The summed E-state index contributed by atoms with van der Waals surface area (Å²) in [5.74, 6) is 0. The van der Waals surface area contributed by atoms with Gasteiger partial charge in [0.15, 0.2) is 0 Å². The summed E-state index contributed by atoms with van der Waals surface area (Å²) in [6.45, 7) is 4.34. The molecule has 0 saturated carbocycles. The van der Waals surface area contributed by atoms with E-state index in [0.29, 0.717) is 6.54 Å². The number of piperazine rings is 1. The lowest BCUT2D eigenvalue weighted by molar-refractivity contribution is 0.201. The van der Waals surface area contributed by atoms with Crippen molar-refractivity contribution in [3.8, 4) is 0 Å². The fraction of sp³-hybridized carbons (Fsp3) is 1.00. The van der Waals surface area contributed by atoms with Gasteiger partial charge in [-0.25, -0.2) is 0 Å². The lowest BCUT2D eigenvalue weighted by atomic mass is 10.0. The summed E-state index contributed by atoms with van der Waals surface area (Å²) < 4.78 is 0. The fourth-order valence-corrected chi connectivity index (χ4v) is 1.20. The average molecular weight is 144 g/mol. The van der Waals surface area contributed by atoms with Gasteiger partial charge in [0.05, 0.1) is 0 Å². The number of rotatable bonds is 1. The lowest BCUT2D eigenvalue weighted by Crippen LogP contribution is -2.56. The average Bonchev–Trinajstić information content (AvgIpc) is 1.88. The predicted octanol–water partition coefficient (Wildman–Crippen LogP) is -1.75. The minimum Gasteiger partial charge on any atom is -0.413 e. The van der Waals surface area contributed by atoms with Crippen LogP contribution in [0.3, 0.4) is 0 Å². The third-order valence-corrected chi connectivity index (χ3v) is 1.85. The van der Waals surface area contributed by atoms with E-state index in [1.165, 1.54) is 0 Å². The summed E-state index contributed by atoms with van der Waals surface area (Å²) in [6, 6.07) is 0.216. The highest BCUT2D eigenvalue weighted by Gasteiger charge is 2.27. The molecule has 5 heteroatoms. The number of nitrogens with one attached hydrogen (secondary N) is 1. The molecule has 1 atom stereocenters. The Hall–Kier alpha value is -0.0951. The number of hydrogen-bond acceptors (Lipinski definition) is 4. The summed E-state index contributed by atoms with van der Waals surface area (Å²) in [7, 11) is -1.29. The Balaban J connectivity index is 2.40. The van der Waals surface area contributed by atoms with Crippen molar-refractivity contribution in [1.82, 2.24) is 10.1 Å². The Labute approximate surface area is 61.0 Å². The van der Waals surface area contributed by atoms with Crippen LogP contribution in [0.15, 0.2) is 0 Å². The van der Waals surface area contributed by atoms with E-state index >= 15 is 0 Å². The molecule has 10 heavy (non-hydrogen) atoms. The molecule has 0 amide bonds. The molecule has 0 radical (unpaired) electrons. The first-order valence-corrected chi connectivity index (χ1v) is 3.54. The Bertz CT molecular complexity index is 112. The maximum absolute atomic E-state index is 8.80. The molecule has 1 fully saturated rings. The minimum atomic E-state index is -1.29. The zero-order chi connectivity index (χ0) is 7.56. The van der Waals surface area contributed by atoms with E-state index in [9.17, 15) is 0 Å². The molecule has 3 N–H and O–H groups in total. The van der Waals surface area contributed by atoms with Crippen molar-refractivity contribution in [1.29, 1.82) is 0 Å². The molecule has 0 aromatic heterocycles. The Morgan fingerprint density at radius 1 is 1.60 bits per heavy atom. The van der Waals surface area contributed by atoms with Crippen LogP contribution < -0.4 is 5.32 Å². The molecule has 0 spiro atoms. The largest absolute Gasteiger partial charge is 0.552 e. The zero-order valence-corrected chi connectivity index (χ0v) is 6.12. The summed E-state index contributed by atoms with van der Waals surface area (Å²) >= 11 is 0. The summed E-state index contributed by atoms with van der Waals surface area (Å²) in [4.78, 5) is 1.65. The van der Waals surface area contributed by atoms with Crippen LogP contribution in [0.25, 0.3) is 0 Å². The van der Waals surface area contributed by atoms with Crippen LogP contribution in [0.5, 0.6) is 0 Å². The number of nitrogens with zero attached hydrogens (tertiary/aromatic N) is 1. The highest BCUT2D eigenvalue weighted by molar-refractivity contribution is 6.37. The van der Waals surface area contributed by atoms with Gasteiger partial charge >= 0.3 is 7.25 Å². The first-order chi connectivity index (χ1) is 4.72. The monoisotopic (exact) mass is 144 g/mol. The maximum atomic E-state index is 8.80. The minimum absolute atomic E-state index is 0.216. The van der Waals surface area contributed by atoms with Gasteiger partial charge < -0.3 is 15.4 Å². The van der Waals surface area contributed by atoms with Gasteiger partial charge in [-0.05, 0) is 6.92 Å². The van der Waals surface area contributed by atoms with Crippen LogP contribution in [-0.2, 0) is 0 Å². The predicted molar refractivity (Wildman–Crippen MR) is 39.2 cm³/mol. The van der Waals surface area contributed by atoms with Crippen molar-refractivity contribution >= 4 is 7.25 Å². The molecule has 1 aliphatic heterocycles. The molecular formula is C5H13BN2O2. The van der Waals surface area contributed by atoms with Crippen LogP contribution in [0.4, 0.5) is 0 Å². The van der Waals surface area contributed by atoms with Crippen molar-refractivity contribution in [3.63, 3.8) is 0 Å². The topological polar surface area (TPSA) is 55.7 Å². The quantitative estimate of drug-likeness (QED) is 0.382. The van der Waals surface area contributed by atoms with Crippen LogP contribution in [-0.4, -0.2) is 47.8 Å². The second-order valence-corrected chi connectivity index (χ2v) is 2.64.